The summed E-state index contributed by atoms with van der Waals surface area (Å²) >= 11 is 0.996. The molecule has 1 unspecified atom stereocenters. The van der Waals surface area contributed by atoms with E-state index in [9.17, 15) is 29.5 Å². The maximum atomic E-state index is 12.7. The van der Waals surface area contributed by atoms with E-state index < -0.39 is 36.6 Å². The number of thiazole rings is 1. The van der Waals surface area contributed by atoms with Crippen LogP contribution < -0.4 is 16.4 Å². The van der Waals surface area contributed by atoms with Crippen LogP contribution in [-0.2, 0) is 20.8 Å². The van der Waals surface area contributed by atoms with E-state index in [2.05, 4.69) is 25.6 Å². The fourth-order valence-electron chi connectivity index (χ4n) is 2.54. The molecule has 170 valence electrons. The van der Waals surface area contributed by atoms with E-state index in [0.717, 1.165) is 11.3 Å². The van der Waals surface area contributed by atoms with Gasteiger partial charge in [0.25, 0.3) is 5.91 Å². The summed E-state index contributed by atoms with van der Waals surface area (Å²) in [5.41, 5.74) is 4.61. The zero-order chi connectivity index (χ0) is 23.8. The highest BCUT2D eigenvalue weighted by Crippen LogP contribution is 2.24. The number of amides is 2. The molecule has 13 nitrogen and oxygen atoms in total. The molecule has 1 atom stereocenters. The van der Waals surface area contributed by atoms with Gasteiger partial charge in [0.15, 0.2) is 10.8 Å². The Morgan fingerprint density at radius 1 is 1.34 bits per heavy atom. The number of aromatic nitrogens is 1. The molecule has 0 saturated heterocycles. The van der Waals surface area contributed by atoms with Crippen LogP contribution in [-0.4, -0.2) is 75.5 Å². The third kappa shape index (κ3) is 6.24. The molecule has 0 bridgehead atoms. The number of rotatable bonds is 10. The minimum atomic E-state index is -2.06. The maximum Gasteiger partial charge on any atom is 0.475 e. The predicted molar refractivity (Wildman–Crippen MR) is 114 cm³/mol. The first-order valence-electron chi connectivity index (χ1n) is 8.96. The molecular formula is C17H20BN5O8S. The van der Waals surface area contributed by atoms with E-state index in [-0.39, 0.29) is 40.6 Å². The number of hydrogen-bond acceptors (Lipinski definition) is 11. The number of aromatic hydroxyl groups is 1. The largest absolute Gasteiger partial charge is 0.507 e. The zero-order valence-electron chi connectivity index (χ0n) is 16.7. The molecule has 2 rings (SSSR count). The molecular weight excluding hydrogens is 445 g/mol. The van der Waals surface area contributed by atoms with E-state index in [4.69, 9.17) is 10.8 Å². The number of carboxylic acids is 1. The van der Waals surface area contributed by atoms with Crippen molar-refractivity contribution in [3.05, 3.63) is 40.4 Å². The summed E-state index contributed by atoms with van der Waals surface area (Å²) < 4.78 is 0. The number of aromatic carboxylic acids is 1. The second-order valence-corrected chi connectivity index (χ2v) is 7.09. The van der Waals surface area contributed by atoms with Crippen molar-refractivity contribution in [1.29, 1.82) is 0 Å². The summed E-state index contributed by atoms with van der Waals surface area (Å²) in [6, 6.07) is 3.92. The predicted octanol–water partition coefficient (Wildman–Crippen LogP) is -1.47. The topological polar surface area (TPSA) is 217 Å². The van der Waals surface area contributed by atoms with E-state index in [1.165, 1.54) is 30.7 Å². The van der Waals surface area contributed by atoms with Crippen LogP contribution in [0.15, 0.2) is 28.7 Å². The van der Waals surface area contributed by atoms with Crippen LogP contribution in [0, 0.1) is 0 Å². The number of nitrogens with zero attached hydrogens (tertiary/aromatic N) is 2. The number of benzene rings is 1. The van der Waals surface area contributed by atoms with Crippen LogP contribution in [0.25, 0.3) is 0 Å². The standard InChI is InChI=1S/C17H20BN5O8S/c1-31-23-13(10-7-32-17(20-10)22-12(24)6-19)15(26)21-11(18(29)30)5-8-3-2-4-9(14(8)25)16(27)28/h2-4,7,11,25,29-30H,5-6,19H2,1H3,(H,21,26)(H,27,28)(H,20,22,24). The number of carbonyl (C=O) groups excluding carboxylic acids is 2. The average Bonchev–Trinajstić information content (AvgIpc) is 3.20. The Morgan fingerprint density at radius 2 is 2.06 bits per heavy atom. The normalized spacial score (nSPS) is 12.1. The second kappa shape index (κ2) is 11.2. The van der Waals surface area contributed by atoms with Gasteiger partial charge in [-0.3, -0.25) is 9.59 Å². The third-order valence-corrected chi connectivity index (χ3v) is 4.80. The summed E-state index contributed by atoms with van der Waals surface area (Å²) in [4.78, 5) is 44.0. The van der Waals surface area contributed by atoms with Gasteiger partial charge in [0.1, 0.15) is 24.1 Å². The van der Waals surface area contributed by atoms with Crippen LogP contribution in [0.1, 0.15) is 21.6 Å². The number of carboxylic acid groups (broad SMARTS) is 1. The number of anilines is 1. The van der Waals surface area contributed by atoms with Crippen molar-refractivity contribution in [2.24, 2.45) is 10.9 Å². The SMILES string of the molecule is CON=C(C(=O)NC(Cc1cccc(C(=O)O)c1O)B(O)O)c1csc(NC(=O)CN)n1. The van der Waals surface area contributed by atoms with E-state index >= 15 is 0 Å². The fraction of sp³-hybridized carbons (Fsp3) is 0.235. The molecule has 32 heavy (non-hydrogen) atoms. The quantitative estimate of drug-likeness (QED) is 0.123. The number of nitrogens with one attached hydrogen (secondary N) is 2. The van der Waals surface area contributed by atoms with Crippen LogP contribution in [0.2, 0.25) is 0 Å². The van der Waals surface area contributed by atoms with Gasteiger partial charge in [-0.05, 0) is 18.1 Å². The lowest BCUT2D eigenvalue weighted by Gasteiger charge is -2.19. The van der Waals surface area contributed by atoms with Gasteiger partial charge in [-0.25, -0.2) is 9.78 Å². The molecule has 15 heteroatoms. The van der Waals surface area contributed by atoms with E-state index in [1.807, 2.05) is 0 Å². The first kappa shape index (κ1) is 24.7. The molecule has 0 aliphatic heterocycles. The first-order valence-corrected chi connectivity index (χ1v) is 9.84. The Kier molecular flexibility index (Phi) is 8.66. The van der Waals surface area contributed by atoms with Crippen LogP contribution in [0.3, 0.4) is 0 Å². The number of phenols is 1. The minimum Gasteiger partial charge on any atom is -0.507 e. The van der Waals surface area contributed by atoms with Gasteiger partial charge in [0.05, 0.1) is 12.5 Å². The molecule has 0 aliphatic rings. The van der Waals surface area contributed by atoms with Crippen molar-refractivity contribution in [2.75, 3.05) is 19.0 Å². The Balaban J connectivity index is 2.24. The summed E-state index contributed by atoms with van der Waals surface area (Å²) in [5.74, 6) is -4.68. The lowest BCUT2D eigenvalue weighted by atomic mass is 9.75. The van der Waals surface area contributed by atoms with Gasteiger partial charge < -0.3 is 41.5 Å². The monoisotopic (exact) mass is 465 g/mol. The van der Waals surface area contributed by atoms with Gasteiger partial charge in [-0.2, -0.15) is 0 Å². The molecule has 8 N–H and O–H groups in total. The van der Waals surface area contributed by atoms with Gasteiger partial charge in [0, 0.05) is 5.38 Å². The second-order valence-electron chi connectivity index (χ2n) is 6.23. The Hall–Kier alpha value is -3.53. The van der Waals surface area contributed by atoms with E-state index in [1.54, 1.807) is 0 Å². The molecule has 0 spiro atoms. The highest BCUT2D eigenvalue weighted by molar-refractivity contribution is 7.14. The number of nitrogens with two attached hydrogens (primary N) is 1. The summed E-state index contributed by atoms with van der Waals surface area (Å²) in [6.45, 7) is -0.263. The maximum absolute atomic E-state index is 12.7. The number of oxime groups is 1. The van der Waals surface area contributed by atoms with Crippen molar-refractivity contribution in [3.63, 3.8) is 0 Å². The molecule has 0 aliphatic carbocycles. The van der Waals surface area contributed by atoms with Crippen molar-refractivity contribution in [3.8, 4) is 5.75 Å². The number of carbonyl (C=O) groups is 3. The fourth-order valence-corrected chi connectivity index (χ4v) is 3.25. The van der Waals surface area contributed by atoms with Crippen molar-refractivity contribution >= 4 is 47.1 Å². The highest BCUT2D eigenvalue weighted by atomic mass is 32.1. The Bertz CT molecular complexity index is 1030. The summed E-state index contributed by atoms with van der Waals surface area (Å²) in [6.07, 6.45) is -0.314. The van der Waals surface area contributed by atoms with Gasteiger partial charge >= 0.3 is 13.1 Å². The number of hydrogen-bond donors (Lipinski definition) is 7. The smallest absolute Gasteiger partial charge is 0.475 e. The van der Waals surface area contributed by atoms with Crippen molar-refractivity contribution < 1.29 is 39.5 Å². The summed E-state index contributed by atoms with van der Waals surface area (Å²) in [5, 5.41) is 48.6. The highest BCUT2D eigenvalue weighted by Gasteiger charge is 2.30. The Labute approximate surface area is 185 Å². The van der Waals surface area contributed by atoms with Crippen LogP contribution >= 0.6 is 11.3 Å². The molecule has 0 fully saturated rings. The molecule has 1 aromatic carbocycles. The van der Waals surface area contributed by atoms with E-state index in [0.29, 0.717) is 0 Å². The molecule has 2 amide bonds. The third-order valence-electron chi connectivity index (χ3n) is 4.04. The minimum absolute atomic E-state index is 0.0311. The lowest BCUT2D eigenvalue weighted by Crippen LogP contribution is -2.50. The van der Waals surface area contributed by atoms with Gasteiger partial charge in [-0.1, -0.05) is 17.3 Å². The van der Waals surface area contributed by atoms with Crippen LogP contribution in [0.5, 0.6) is 5.75 Å². The number of para-hydroxylation sites is 1. The Morgan fingerprint density at radius 3 is 2.66 bits per heavy atom. The molecule has 0 radical (unpaired) electrons. The first-order chi connectivity index (χ1) is 15.2. The van der Waals surface area contributed by atoms with Crippen LogP contribution in [0.4, 0.5) is 5.13 Å². The van der Waals surface area contributed by atoms with Crippen molar-refractivity contribution in [2.45, 2.75) is 12.4 Å². The zero-order valence-corrected chi connectivity index (χ0v) is 17.5. The molecule has 1 heterocycles. The van der Waals surface area contributed by atoms with Gasteiger partial charge in [-0.15, -0.1) is 11.3 Å². The summed E-state index contributed by atoms with van der Waals surface area (Å²) in [7, 11) is -0.879. The average molecular weight is 465 g/mol. The molecule has 2 aromatic rings. The van der Waals surface area contributed by atoms with Crippen molar-refractivity contribution in [1.82, 2.24) is 10.3 Å². The molecule has 0 saturated carbocycles. The van der Waals surface area contributed by atoms with Gasteiger partial charge in [0.2, 0.25) is 5.91 Å². The molecule has 1 aromatic heterocycles. The lowest BCUT2D eigenvalue weighted by molar-refractivity contribution is -0.115.